The van der Waals surface area contributed by atoms with Gasteiger partial charge in [0.2, 0.25) is 0 Å². The molecule has 2 aliphatic rings. The van der Waals surface area contributed by atoms with Gasteiger partial charge in [0.1, 0.15) is 5.84 Å². The van der Waals surface area contributed by atoms with E-state index in [0.29, 0.717) is 5.84 Å². The second-order valence-electron chi connectivity index (χ2n) is 5.39. The van der Waals surface area contributed by atoms with Crippen LogP contribution in [0.4, 0.5) is 0 Å². The molecule has 2 fully saturated rings. The topological polar surface area (TPSA) is 70.6 Å². The van der Waals surface area contributed by atoms with Crippen molar-refractivity contribution in [2.24, 2.45) is 16.3 Å². The molecule has 1 unspecified atom stereocenters. The maximum absolute atomic E-state index is 8.59. The number of rotatable bonds is 6. The molecule has 1 aliphatic carbocycles. The van der Waals surface area contributed by atoms with Crippen LogP contribution in [0, 0.1) is 5.41 Å². The lowest BCUT2D eigenvalue weighted by Crippen LogP contribution is -2.33. The van der Waals surface area contributed by atoms with E-state index in [1.54, 1.807) is 0 Å². The molecule has 5 heteroatoms. The highest BCUT2D eigenvalue weighted by Crippen LogP contribution is 2.48. The fraction of sp³-hybridized carbons (Fsp3) is 0.917. The molecular weight excluding hydrogens is 234 g/mol. The van der Waals surface area contributed by atoms with Crippen molar-refractivity contribution in [2.75, 3.05) is 18.8 Å². The first-order valence-corrected chi connectivity index (χ1v) is 7.58. The molecule has 4 N–H and O–H groups in total. The second kappa shape index (κ2) is 5.96. The Morgan fingerprint density at radius 1 is 1.47 bits per heavy atom. The van der Waals surface area contributed by atoms with Gasteiger partial charge >= 0.3 is 0 Å². The van der Waals surface area contributed by atoms with Gasteiger partial charge in [0.05, 0.1) is 0 Å². The number of oxime groups is 1. The Morgan fingerprint density at radius 3 is 2.88 bits per heavy atom. The molecule has 1 aliphatic heterocycles. The number of nitrogens with one attached hydrogen (secondary N) is 1. The molecule has 0 spiro atoms. The summed E-state index contributed by atoms with van der Waals surface area (Å²) in [5.41, 5.74) is 5.87. The van der Waals surface area contributed by atoms with Crippen LogP contribution in [0.25, 0.3) is 0 Å². The molecule has 1 saturated carbocycles. The van der Waals surface area contributed by atoms with E-state index in [0.717, 1.165) is 24.8 Å². The van der Waals surface area contributed by atoms with Crippen molar-refractivity contribution >= 4 is 17.6 Å². The van der Waals surface area contributed by atoms with Gasteiger partial charge in [-0.05, 0) is 36.9 Å². The van der Waals surface area contributed by atoms with E-state index < -0.39 is 0 Å². The van der Waals surface area contributed by atoms with Gasteiger partial charge in [-0.3, -0.25) is 0 Å². The maximum Gasteiger partial charge on any atom is 0.139 e. The molecule has 4 nitrogen and oxygen atoms in total. The Balaban J connectivity index is 1.64. The summed E-state index contributed by atoms with van der Waals surface area (Å²) >= 11 is 2.10. The minimum Gasteiger partial charge on any atom is -0.409 e. The fourth-order valence-electron chi connectivity index (χ4n) is 2.48. The van der Waals surface area contributed by atoms with Crippen LogP contribution in [-0.2, 0) is 0 Å². The van der Waals surface area contributed by atoms with Crippen LogP contribution in [0.15, 0.2) is 5.16 Å². The average molecular weight is 257 g/mol. The summed E-state index contributed by atoms with van der Waals surface area (Å²) in [6.07, 6.45) is 7.25. The Kier molecular flexibility index (Phi) is 4.56. The van der Waals surface area contributed by atoms with Crippen molar-refractivity contribution in [2.45, 2.75) is 43.8 Å². The van der Waals surface area contributed by atoms with Crippen molar-refractivity contribution in [3.63, 3.8) is 0 Å². The quantitative estimate of drug-likeness (QED) is 0.293. The first-order valence-electron chi connectivity index (χ1n) is 6.53. The summed E-state index contributed by atoms with van der Waals surface area (Å²) in [5.74, 6) is 1.69. The highest BCUT2D eigenvalue weighted by atomic mass is 32.2. The number of amidine groups is 1. The zero-order valence-corrected chi connectivity index (χ0v) is 11.1. The minimum atomic E-state index is 0.287. The van der Waals surface area contributed by atoms with E-state index in [2.05, 4.69) is 22.2 Å². The van der Waals surface area contributed by atoms with Crippen molar-refractivity contribution in [3.05, 3.63) is 0 Å². The Morgan fingerprint density at radius 2 is 2.29 bits per heavy atom. The summed E-state index contributed by atoms with van der Waals surface area (Å²) in [6, 6.07) is 0. The third-order valence-corrected chi connectivity index (χ3v) is 5.19. The SMILES string of the molecule is NC(CC1(CNCC2CCCCS2)CC1)=NO. The molecule has 98 valence electrons. The zero-order valence-electron chi connectivity index (χ0n) is 10.3. The van der Waals surface area contributed by atoms with Gasteiger partial charge < -0.3 is 16.3 Å². The third-order valence-electron chi connectivity index (χ3n) is 3.79. The van der Waals surface area contributed by atoms with E-state index in [1.807, 2.05) is 0 Å². The lowest BCUT2D eigenvalue weighted by atomic mass is 10.0. The summed E-state index contributed by atoms with van der Waals surface area (Å²) in [5, 5.41) is 16.0. The number of nitrogens with zero attached hydrogens (tertiary/aromatic N) is 1. The summed E-state index contributed by atoms with van der Waals surface area (Å²) in [4.78, 5) is 0. The molecule has 17 heavy (non-hydrogen) atoms. The largest absolute Gasteiger partial charge is 0.409 e. The smallest absolute Gasteiger partial charge is 0.139 e. The molecule has 0 aromatic carbocycles. The number of hydrogen-bond acceptors (Lipinski definition) is 4. The number of thioether (sulfide) groups is 1. The molecule has 2 rings (SSSR count). The van der Waals surface area contributed by atoms with Crippen LogP contribution in [0.1, 0.15) is 38.5 Å². The molecule has 0 bridgehead atoms. The summed E-state index contributed by atoms with van der Waals surface area (Å²) in [7, 11) is 0. The van der Waals surface area contributed by atoms with Crippen LogP contribution in [0.3, 0.4) is 0 Å². The molecule has 1 saturated heterocycles. The lowest BCUT2D eigenvalue weighted by Gasteiger charge is -2.23. The van der Waals surface area contributed by atoms with Crippen molar-refractivity contribution in [1.29, 1.82) is 0 Å². The Labute approximate surface area is 107 Å². The number of hydrogen-bond donors (Lipinski definition) is 3. The average Bonchev–Trinajstić information content (AvgIpc) is 3.10. The van der Waals surface area contributed by atoms with Gasteiger partial charge in [0.15, 0.2) is 0 Å². The van der Waals surface area contributed by atoms with Gasteiger partial charge in [0.25, 0.3) is 0 Å². The van der Waals surface area contributed by atoms with Crippen LogP contribution in [-0.4, -0.2) is 35.1 Å². The Bertz CT molecular complexity index is 273. The third kappa shape index (κ3) is 4.07. The number of nitrogens with two attached hydrogens (primary N) is 1. The van der Waals surface area contributed by atoms with E-state index in [4.69, 9.17) is 10.9 Å². The first kappa shape index (κ1) is 13.0. The van der Waals surface area contributed by atoms with Crippen molar-refractivity contribution in [3.8, 4) is 0 Å². The fourth-order valence-corrected chi connectivity index (χ4v) is 3.75. The molecular formula is C12H23N3OS. The normalized spacial score (nSPS) is 28.0. The van der Waals surface area contributed by atoms with E-state index >= 15 is 0 Å². The molecule has 1 atom stereocenters. The van der Waals surface area contributed by atoms with Gasteiger partial charge in [-0.1, -0.05) is 11.6 Å². The Hall–Kier alpha value is -0.420. The van der Waals surface area contributed by atoms with Crippen molar-refractivity contribution in [1.82, 2.24) is 5.32 Å². The minimum absolute atomic E-state index is 0.287. The molecule has 1 heterocycles. The maximum atomic E-state index is 8.59. The first-order chi connectivity index (χ1) is 8.24. The van der Waals surface area contributed by atoms with Crippen molar-refractivity contribution < 1.29 is 5.21 Å². The summed E-state index contributed by atoms with van der Waals surface area (Å²) < 4.78 is 0. The van der Waals surface area contributed by atoms with Crippen LogP contribution >= 0.6 is 11.8 Å². The van der Waals surface area contributed by atoms with Gasteiger partial charge in [-0.15, -0.1) is 0 Å². The highest BCUT2D eigenvalue weighted by Gasteiger charge is 2.42. The van der Waals surface area contributed by atoms with Crippen LogP contribution < -0.4 is 11.1 Å². The monoisotopic (exact) mass is 257 g/mol. The standard InChI is InChI=1S/C12H23N3OS/c13-11(15-16)7-12(4-5-12)9-14-8-10-3-1-2-6-17-10/h10,14,16H,1-9H2,(H2,13,15). The molecule has 0 aromatic heterocycles. The molecule has 0 aromatic rings. The van der Waals surface area contributed by atoms with Crippen LogP contribution in [0.5, 0.6) is 0 Å². The molecule has 0 radical (unpaired) electrons. The highest BCUT2D eigenvalue weighted by molar-refractivity contribution is 7.99. The predicted molar refractivity (Wildman–Crippen MR) is 72.7 cm³/mol. The zero-order chi connectivity index (χ0) is 12.1. The van der Waals surface area contributed by atoms with E-state index in [9.17, 15) is 0 Å². The second-order valence-corrected chi connectivity index (χ2v) is 6.80. The van der Waals surface area contributed by atoms with Gasteiger partial charge in [-0.2, -0.15) is 11.8 Å². The van der Waals surface area contributed by atoms with Gasteiger partial charge in [0, 0.05) is 24.8 Å². The summed E-state index contributed by atoms with van der Waals surface area (Å²) in [6.45, 7) is 2.13. The van der Waals surface area contributed by atoms with Gasteiger partial charge in [-0.25, -0.2) is 0 Å². The van der Waals surface area contributed by atoms with E-state index in [-0.39, 0.29) is 5.41 Å². The van der Waals surface area contributed by atoms with E-state index in [1.165, 1.54) is 37.9 Å². The molecule has 0 amide bonds. The lowest BCUT2D eigenvalue weighted by molar-refractivity contribution is 0.314. The predicted octanol–water partition coefficient (Wildman–Crippen LogP) is 1.78. The van der Waals surface area contributed by atoms with Crippen LogP contribution in [0.2, 0.25) is 0 Å².